The highest BCUT2D eigenvalue weighted by Crippen LogP contribution is 2.27. The number of rotatable bonds is 9. The molecule has 0 atom stereocenters. The second-order valence-electron chi connectivity index (χ2n) is 4.94. The van der Waals surface area contributed by atoms with Crippen molar-refractivity contribution in [3.8, 4) is 0 Å². The lowest BCUT2D eigenvalue weighted by molar-refractivity contribution is 0.307. The lowest BCUT2D eigenvalue weighted by Gasteiger charge is -2.22. The van der Waals surface area contributed by atoms with Gasteiger partial charge in [0.25, 0.3) is 0 Å². The maximum atomic E-state index is 8.64. The van der Waals surface area contributed by atoms with Crippen LogP contribution in [0.5, 0.6) is 0 Å². The van der Waals surface area contributed by atoms with E-state index in [2.05, 4.69) is 20.8 Å². The molecular formula is C12H26OSi. The fraction of sp³-hybridized carbons (Fsp3) is 1.00. The zero-order valence-electron chi connectivity index (χ0n) is 10.1. The summed E-state index contributed by atoms with van der Waals surface area (Å²) in [6.07, 6.45) is 9.28. The summed E-state index contributed by atoms with van der Waals surface area (Å²) in [7, 11) is 0.161. The molecule has 0 rings (SSSR count). The zero-order valence-corrected chi connectivity index (χ0v) is 11.1. The molecular weight excluding hydrogens is 188 g/mol. The Morgan fingerprint density at radius 1 is 1.00 bits per heavy atom. The molecule has 0 saturated heterocycles. The molecule has 14 heavy (non-hydrogen) atoms. The van der Waals surface area contributed by atoms with Gasteiger partial charge >= 0.3 is 0 Å². The van der Waals surface area contributed by atoms with E-state index < -0.39 is 0 Å². The van der Waals surface area contributed by atoms with E-state index in [1.54, 1.807) is 0 Å². The monoisotopic (exact) mass is 214 g/mol. The summed E-state index contributed by atoms with van der Waals surface area (Å²) in [6, 6.07) is 1.01. The van der Waals surface area contributed by atoms with Crippen LogP contribution in [0.15, 0.2) is 0 Å². The normalized spacial score (nSPS) is 12.0. The highest BCUT2D eigenvalue weighted by Gasteiger charge is 2.13. The first kappa shape index (κ1) is 14.2. The first-order chi connectivity index (χ1) is 6.62. The Balaban J connectivity index is 3.13. The molecule has 0 aromatic heterocycles. The Kier molecular flexibility index (Phi) is 8.59. The molecule has 0 spiro atoms. The maximum Gasteiger partial charge on any atom is 0.224 e. The van der Waals surface area contributed by atoms with E-state index in [0.29, 0.717) is 5.41 Å². The van der Waals surface area contributed by atoms with Gasteiger partial charge in [-0.25, -0.2) is 0 Å². The third-order valence-corrected chi connectivity index (χ3v) is 3.68. The average molecular weight is 214 g/mol. The van der Waals surface area contributed by atoms with Crippen molar-refractivity contribution in [1.82, 2.24) is 0 Å². The zero-order chi connectivity index (χ0) is 10.9. The van der Waals surface area contributed by atoms with E-state index >= 15 is 0 Å². The van der Waals surface area contributed by atoms with Crippen molar-refractivity contribution < 1.29 is 4.80 Å². The number of hydrogen-bond donors (Lipinski definition) is 1. The second-order valence-corrected chi connectivity index (χ2v) is 5.76. The molecule has 84 valence electrons. The molecule has 1 N–H and O–H groups in total. The summed E-state index contributed by atoms with van der Waals surface area (Å²) >= 11 is 0. The quantitative estimate of drug-likeness (QED) is 0.457. The predicted octanol–water partition coefficient (Wildman–Crippen LogP) is 3.79. The van der Waals surface area contributed by atoms with E-state index in [4.69, 9.17) is 4.80 Å². The Morgan fingerprint density at radius 2 is 1.57 bits per heavy atom. The van der Waals surface area contributed by atoms with Crippen LogP contribution in [0.1, 0.15) is 65.7 Å². The van der Waals surface area contributed by atoms with Crippen LogP contribution >= 0.6 is 0 Å². The van der Waals surface area contributed by atoms with Crippen molar-refractivity contribution in [2.75, 3.05) is 0 Å². The van der Waals surface area contributed by atoms with Crippen LogP contribution in [-0.4, -0.2) is 14.6 Å². The molecule has 0 aromatic carbocycles. The highest BCUT2D eigenvalue weighted by molar-refractivity contribution is 6.25. The molecule has 0 aliphatic heterocycles. The van der Waals surface area contributed by atoms with Gasteiger partial charge in [-0.05, 0) is 17.9 Å². The average Bonchev–Trinajstić information content (AvgIpc) is 2.16. The molecule has 1 nitrogen and oxygen atoms in total. The molecule has 0 aromatic rings. The summed E-state index contributed by atoms with van der Waals surface area (Å²) in [4.78, 5) is 8.64. The Morgan fingerprint density at radius 3 is 2.14 bits per heavy atom. The topological polar surface area (TPSA) is 20.2 Å². The van der Waals surface area contributed by atoms with Gasteiger partial charge in [-0.2, -0.15) is 0 Å². The van der Waals surface area contributed by atoms with Gasteiger partial charge in [0, 0.05) is 0 Å². The van der Waals surface area contributed by atoms with Crippen molar-refractivity contribution in [1.29, 1.82) is 0 Å². The maximum absolute atomic E-state index is 8.64. The van der Waals surface area contributed by atoms with Gasteiger partial charge in [0.1, 0.15) is 0 Å². The fourth-order valence-corrected chi connectivity index (χ4v) is 1.92. The van der Waals surface area contributed by atoms with Gasteiger partial charge in [0.15, 0.2) is 0 Å². The van der Waals surface area contributed by atoms with E-state index in [0.717, 1.165) is 6.04 Å². The van der Waals surface area contributed by atoms with Crippen molar-refractivity contribution in [3.05, 3.63) is 0 Å². The lowest BCUT2D eigenvalue weighted by Crippen LogP contribution is -2.08. The third-order valence-electron chi connectivity index (χ3n) is 3.10. The smallest absolute Gasteiger partial charge is 0.224 e. The number of unbranched alkanes of at least 4 members (excludes halogenated alkanes) is 4. The van der Waals surface area contributed by atoms with Crippen LogP contribution in [0.4, 0.5) is 0 Å². The van der Waals surface area contributed by atoms with Crippen LogP contribution < -0.4 is 0 Å². The van der Waals surface area contributed by atoms with Crippen molar-refractivity contribution in [2.24, 2.45) is 5.41 Å². The number of hydrogen-bond acceptors (Lipinski definition) is 1. The molecule has 0 fully saturated rings. The largest absolute Gasteiger partial charge is 0.432 e. The van der Waals surface area contributed by atoms with Crippen molar-refractivity contribution in [3.63, 3.8) is 0 Å². The second kappa shape index (κ2) is 8.48. The van der Waals surface area contributed by atoms with Gasteiger partial charge in [-0.15, -0.1) is 0 Å². The van der Waals surface area contributed by atoms with Gasteiger partial charge in [0.2, 0.25) is 9.76 Å². The molecule has 0 heterocycles. The molecule has 2 heteroatoms. The Hall–Kier alpha value is 0.177. The van der Waals surface area contributed by atoms with Crippen molar-refractivity contribution in [2.45, 2.75) is 71.8 Å². The van der Waals surface area contributed by atoms with Gasteiger partial charge in [0.05, 0.1) is 0 Å². The van der Waals surface area contributed by atoms with Crippen LogP contribution in [0, 0.1) is 5.41 Å². The van der Waals surface area contributed by atoms with Gasteiger partial charge in [-0.1, -0.05) is 59.3 Å². The Bertz CT molecular complexity index is 123. The van der Waals surface area contributed by atoms with Crippen molar-refractivity contribution >= 4 is 9.76 Å². The van der Waals surface area contributed by atoms with Crippen LogP contribution in [0.3, 0.4) is 0 Å². The molecule has 2 radical (unpaired) electrons. The molecule has 0 saturated carbocycles. The summed E-state index contributed by atoms with van der Waals surface area (Å²) in [5.41, 5.74) is 0.548. The van der Waals surface area contributed by atoms with E-state index in [1.807, 2.05) is 0 Å². The predicted molar refractivity (Wildman–Crippen MR) is 64.6 cm³/mol. The minimum absolute atomic E-state index is 0.161. The van der Waals surface area contributed by atoms with Crippen LogP contribution in [0.25, 0.3) is 0 Å². The van der Waals surface area contributed by atoms with E-state index in [9.17, 15) is 0 Å². The summed E-state index contributed by atoms with van der Waals surface area (Å²) in [5, 5.41) is 0. The van der Waals surface area contributed by atoms with Crippen LogP contribution in [0.2, 0.25) is 6.04 Å². The fourth-order valence-electron chi connectivity index (χ4n) is 1.51. The van der Waals surface area contributed by atoms with E-state index in [-0.39, 0.29) is 9.76 Å². The Labute approximate surface area is 92.2 Å². The molecule has 0 unspecified atom stereocenters. The highest BCUT2D eigenvalue weighted by atomic mass is 28.2. The standard InChI is InChI=1S/C12H26OSi/c1-4-12(2,3)10-8-6-5-7-9-11-14-13/h13H,4-11H2,1-3H3. The minimum atomic E-state index is 0.161. The first-order valence-corrected chi connectivity index (χ1v) is 7.15. The lowest BCUT2D eigenvalue weighted by atomic mass is 9.84. The first-order valence-electron chi connectivity index (χ1n) is 5.99. The SMILES string of the molecule is CCC(C)(C)CCCCCCC[Si]O. The van der Waals surface area contributed by atoms with E-state index in [1.165, 1.54) is 44.9 Å². The summed E-state index contributed by atoms with van der Waals surface area (Å²) in [5.74, 6) is 0. The summed E-state index contributed by atoms with van der Waals surface area (Å²) < 4.78 is 0. The summed E-state index contributed by atoms with van der Waals surface area (Å²) in [6.45, 7) is 7.00. The van der Waals surface area contributed by atoms with Gasteiger partial charge < -0.3 is 4.80 Å². The molecule has 0 aliphatic carbocycles. The molecule has 0 bridgehead atoms. The van der Waals surface area contributed by atoms with Gasteiger partial charge in [-0.3, -0.25) is 0 Å². The molecule has 0 aliphatic rings. The third kappa shape index (κ3) is 8.76. The molecule has 0 amide bonds. The van der Waals surface area contributed by atoms with Crippen LogP contribution in [-0.2, 0) is 0 Å². The minimum Gasteiger partial charge on any atom is -0.432 e.